The molecule has 0 N–H and O–H groups in total. The molecule has 0 bridgehead atoms. The van der Waals surface area contributed by atoms with Gasteiger partial charge in [-0.05, 0) is 12.1 Å². The maximum Gasteiger partial charge on any atom is 0.268 e. The first-order valence-electron chi connectivity index (χ1n) is 5.86. The van der Waals surface area contributed by atoms with E-state index in [1.54, 1.807) is 25.9 Å². The van der Waals surface area contributed by atoms with Crippen LogP contribution in [-0.4, -0.2) is 36.3 Å². The summed E-state index contributed by atoms with van der Waals surface area (Å²) in [5, 5.41) is 0.926. The fourth-order valence-electron chi connectivity index (χ4n) is 2.02. The van der Waals surface area contributed by atoms with Crippen LogP contribution in [0.5, 0.6) is 5.75 Å². The Hall–Kier alpha value is -1.18. The number of nitrogens with zero attached hydrogens (tertiary/aromatic N) is 2. The van der Waals surface area contributed by atoms with Gasteiger partial charge in [0, 0.05) is 25.1 Å². The highest BCUT2D eigenvalue weighted by atomic mass is 32.2. The molecule has 7 heteroatoms. The van der Waals surface area contributed by atoms with Gasteiger partial charge in [0.25, 0.3) is 5.91 Å². The predicted octanol–water partition coefficient (Wildman–Crippen LogP) is 2.90. The Kier molecular flexibility index (Phi) is 3.43. The third-order valence-electron chi connectivity index (χ3n) is 3.20. The second-order valence-electron chi connectivity index (χ2n) is 4.36. The summed E-state index contributed by atoms with van der Waals surface area (Å²) in [4.78, 5) is 17.6. The molecule has 1 aromatic rings. The average molecular weight is 324 g/mol. The van der Waals surface area contributed by atoms with Crippen molar-refractivity contribution in [3.63, 3.8) is 0 Å². The summed E-state index contributed by atoms with van der Waals surface area (Å²) in [6, 6.07) is 5.91. The molecule has 2 aliphatic rings. The van der Waals surface area contributed by atoms with Crippen molar-refractivity contribution in [2.24, 2.45) is 0 Å². The van der Waals surface area contributed by atoms with E-state index in [1.165, 1.54) is 16.7 Å². The van der Waals surface area contributed by atoms with E-state index in [2.05, 4.69) is 0 Å². The van der Waals surface area contributed by atoms with Crippen molar-refractivity contribution in [2.75, 3.05) is 26.1 Å². The van der Waals surface area contributed by atoms with E-state index >= 15 is 0 Å². The minimum Gasteiger partial charge on any atom is -0.497 e. The van der Waals surface area contributed by atoms with Gasteiger partial charge in [0.1, 0.15) is 15.0 Å². The lowest BCUT2D eigenvalue weighted by Crippen LogP contribution is -2.23. The smallest absolute Gasteiger partial charge is 0.268 e. The zero-order valence-corrected chi connectivity index (χ0v) is 13.6. The Morgan fingerprint density at radius 3 is 2.55 bits per heavy atom. The van der Waals surface area contributed by atoms with Crippen LogP contribution in [0, 0.1) is 0 Å². The van der Waals surface area contributed by atoms with Gasteiger partial charge in [-0.3, -0.25) is 9.69 Å². The normalized spacial score (nSPS) is 21.8. The van der Waals surface area contributed by atoms with Gasteiger partial charge >= 0.3 is 0 Å². The van der Waals surface area contributed by atoms with Gasteiger partial charge in [0.15, 0.2) is 0 Å². The summed E-state index contributed by atoms with van der Waals surface area (Å²) in [6.45, 7) is 0. The molecule has 104 valence electrons. The van der Waals surface area contributed by atoms with Crippen LogP contribution in [0.1, 0.15) is 0 Å². The quantitative estimate of drug-likeness (QED) is 0.583. The van der Waals surface area contributed by atoms with Crippen molar-refractivity contribution in [3.8, 4) is 5.75 Å². The van der Waals surface area contributed by atoms with Crippen molar-refractivity contribution in [2.45, 2.75) is 4.90 Å². The highest BCUT2D eigenvalue weighted by molar-refractivity contribution is 8.27. The minimum atomic E-state index is -0.0332. The average Bonchev–Trinajstić information content (AvgIpc) is 2.91. The highest BCUT2D eigenvalue weighted by Crippen LogP contribution is 2.50. The molecule has 2 heterocycles. The summed E-state index contributed by atoms with van der Waals surface area (Å²) in [5.74, 6) is 0.773. The van der Waals surface area contributed by atoms with Gasteiger partial charge in [-0.2, -0.15) is 0 Å². The van der Waals surface area contributed by atoms with E-state index < -0.39 is 0 Å². The monoisotopic (exact) mass is 324 g/mol. The SMILES string of the molecule is COc1ccc2c(c1)N(C)C(=C1SC(=S)N(C)C1=O)S2. The third kappa shape index (κ3) is 2.01. The number of carbonyl (C=O) groups excluding carboxylic acids is 1. The van der Waals surface area contributed by atoms with Gasteiger partial charge in [-0.15, -0.1) is 0 Å². The number of thioether (sulfide) groups is 2. The molecule has 4 nitrogen and oxygen atoms in total. The first kappa shape index (κ1) is 13.8. The fraction of sp³-hybridized carbons (Fsp3) is 0.231. The van der Waals surface area contributed by atoms with E-state index in [0.29, 0.717) is 9.23 Å². The van der Waals surface area contributed by atoms with Crippen LogP contribution in [-0.2, 0) is 4.79 Å². The van der Waals surface area contributed by atoms with Crippen molar-refractivity contribution in [3.05, 3.63) is 28.1 Å². The summed E-state index contributed by atoms with van der Waals surface area (Å²) < 4.78 is 5.85. The molecule has 0 saturated carbocycles. The molecule has 1 fully saturated rings. The van der Waals surface area contributed by atoms with Crippen molar-refractivity contribution in [1.29, 1.82) is 0 Å². The fourth-order valence-corrected chi connectivity index (χ4v) is 4.51. The molecular formula is C13H12N2O2S3. The Labute approximate surface area is 131 Å². The summed E-state index contributed by atoms with van der Waals surface area (Å²) >= 11 is 8.13. The summed E-state index contributed by atoms with van der Waals surface area (Å²) in [7, 11) is 5.31. The molecule has 0 aromatic heterocycles. The number of rotatable bonds is 1. The second kappa shape index (κ2) is 4.98. The van der Waals surface area contributed by atoms with E-state index in [4.69, 9.17) is 17.0 Å². The predicted molar refractivity (Wildman–Crippen MR) is 87.2 cm³/mol. The number of amides is 1. The zero-order chi connectivity index (χ0) is 14.4. The summed E-state index contributed by atoms with van der Waals surface area (Å²) in [5.41, 5.74) is 1.05. The van der Waals surface area contributed by atoms with Crippen LogP contribution in [0.3, 0.4) is 0 Å². The molecule has 0 spiro atoms. The number of ether oxygens (including phenoxy) is 1. The van der Waals surface area contributed by atoms with Gasteiger partial charge in [-0.1, -0.05) is 35.7 Å². The maximum absolute atomic E-state index is 12.2. The van der Waals surface area contributed by atoms with Gasteiger partial charge in [0.05, 0.1) is 17.8 Å². The van der Waals surface area contributed by atoms with Crippen LogP contribution in [0.15, 0.2) is 33.0 Å². The van der Waals surface area contributed by atoms with Crippen molar-refractivity contribution in [1.82, 2.24) is 4.90 Å². The molecule has 1 amide bonds. The molecule has 1 saturated heterocycles. The van der Waals surface area contributed by atoms with E-state index in [-0.39, 0.29) is 5.91 Å². The standard InChI is InChI=1S/C13H12N2O2S3/c1-14-8-6-7(17-3)4-5-9(8)19-12(14)10-11(16)15(2)13(18)20-10/h4-6H,1-3H3. The Morgan fingerprint density at radius 2 is 1.95 bits per heavy atom. The lowest BCUT2D eigenvalue weighted by molar-refractivity contribution is -0.121. The molecule has 3 rings (SSSR count). The van der Waals surface area contributed by atoms with E-state index in [1.807, 2.05) is 30.1 Å². The van der Waals surface area contributed by atoms with Crippen LogP contribution < -0.4 is 9.64 Å². The van der Waals surface area contributed by atoms with Gasteiger partial charge in [0.2, 0.25) is 0 Å². The number of anilines is 1. The molecule has 0 radical (unpaired) electrons. The van der Waals surface area contributed by atoms with Crippen molar-refractivity contribution < 1.29 is 9.53 Å². The molecule has 1 aromatic carbocycles. The highest BCUT2D eigenvalue weighted by Gasteiger charge is 2.36. The van der Waals surface area contributed by atoms with Gasteiger partial charge < -0.3 is 9.64 Å². The number of methoxy groups -OCH3 is 1. The van der Waals surface area contributed by atoms with Crippen LogP contribution in [0.25, 0.3) is 0 Å². The Balaban J connectivity index is 2.04. The number of thiocarbonyl (C=S) groups is 1. The molecule has 2 aliphatic heterocycles. The number of benzene rings is 1. The van der Waals surface area contributed by atoms with E-state index in [9.17, 15) is 4.79 Å². The van der Waals surface area contributed by atoms with Gasteiger partial charge in [-0.25, -0.2) is 0 Å². The lowest BCUT2D eigenvalue weighted by Gasteiger charge is -2.15. The van der Waals surface area contributed by atoms with Crippen LogP contribution >= 0.6 is 35.7 Å². The third-order valence-corrected chi connectivity index (χ3v) is 6.11. The topological polar surface area (TPSA) is 32.8 Å². The van der Waals surface area contributed by atoms with Crippen molar-refractivity contribution >= 4 is 51.7 Å². The first-order chi connectivity index (χ1) is 9.52. The largest absolute Gasteiger partial charge is 0.497 e. The minimum absolute atomic E-state index is 0.0332. The second-order valence-corrected chi connectivity index (χ2v) is 7.04. The first-order valence-corrected chi connectivity index (χ1v) is 7.91. The molecule has 0 aliphatic carbocycles. The molecule has 20 heavy (non-hydrogen) atoms. The Morgan fingerprint density at radius 1 is 1.20 bits per heavy atom. The zero-order valence-electron chi connectivity index (χ0n) is 11.2. The number of hydrogen-bond donors (Lipinski definition) is 0. The lowest BCUT2D eigenvalue weighted by atomic mass is 10.3. The number of likely N-dealkylation sites (N-methyl/N-ethyl adjacent to an activating group) is 1. The number of hydrogen-bond acceptors (Lipinski definition) is 6. The number of fused-ring (bicyclic) bond motifs is 1. The molecule has 0 unspecified atom stereocenters. The van der Waals surface area contributed by atoms with E-state index in [0.717, 1.165) is 21.4 Å². The van der Waals surface area contributed by atoms with Crippen LogP contribution in [0.4, 0.5) is 5.69 Å². The summed E-state index contributed by atoms with van der Waals surface area (Å²) in [6.07, 6.45) is 0. The Bertz CT molecular complexity index is 657. The number of carbonyl (C=O) groups is 1. The molecular weight excluding hydrogens is 312 g/mol. The van der Waals surface area contributed by atoms with Crippen LogP contribution in [0.2, 0.25) is 0 Å². The molecule has 0 atom stereocenters. The maximum atomic E-state index is 12.2.